The van der Waals surface area contributed by atoms with Gasteiger partial charge in [-0.2, -0.15) is 0 Å². The Morgan fingerprint density at radius 3 is 2.95 bits per heavy atom. The molecule has 0 fully saturated rings. The molecule has 0 unspecified atom stereocenters. The molecule has 0 spiro atoms. The number of nitrogens with one attached hydrogen (secondary N) is 2. The number of thiazole rings is 1. The maximum absolute atomic E-state index is 13.6. The molecule has 1 amide bonds. The largest absolute Gasteiger partial charge is 0.382 e. The number of aromatic nitrogens is 1. The average Bonchev–Trinajstić information content (AvgIpc) is 2.81. The van der Waals surface area contributed by atoms with E-state index in [9.17, 15) is 9.18 Å². The number of benzene rings is 1. The first-order valence-corrected chi connectivity index (χ1v) is 7.47. The lowest BCUT2D eigenvalue weighted by Gasteiger charge is -2.05. The highest BCUT2D eigenvalue weighted by molar-refractivity contribution is 7.18. The van der Waals surface area contributed by atoms with Crippen molar-refractivity contribution in [2.24, 2.45) is 0 Å². The molecule has 0 saturated heterocycles. The molecule has 4 N–H and O–H groups in total. The summed E-state index contributed by atoms with van der Waals surface area (Å²) in [7, 11) is 0. The number of amides is 1. The summed E-state index contributed by atoms with van der Waals surface area (Å²) in [6, 6.07) is 4.01. The van der Waals surface area contributed by atoms with Crippen LogP contribution >= 0.6 is 22.9 Å². The molecule has 1 aromatic heterocycles. The van der Waals surface area contributed by atoms with E-state index in [1.54, 1.807) is 0 Å². The van der Waals surface area contributed by atoms with E-state index in [-0.39, 0.29) is 21.4 Å². The van der Waals surface area contributed by atoms with E-state index >= 15 is 0 Å². The monoisotopic (exact) mass is 328 g/mol. The number of carbonyl (C=O) groups is 1. The highest BCUT2D eigenvalue weighted by atomic mass is 35.5. The maximum atomic E-state index is 13.6. The first-order chi connectivity index (χ1) is 10.0. The van der Waals surface area contributed by atoms with Crippen molar-refractivity contribution in [3.63, 3.8) is 0 Å². The van der Waals surface area contributed by atoms with Crippen LogP contribution in [0.15, 0.2) is 18.2 Å². The summed E-state index contributed by atoms with van der Waals surface area (Å²) in [4.78, 5) is 16.4. The molecule has 1 heterocycles. The van der Waals surface area contributed by atoms with E-state index < -0.39 is 11.7 Å². The maximum Gasteiger partial charge on any atom is 0.269 e. The summed E-state index contributed by atoms with van der Waals surface area (Å²) in [5.74, 6) is -0.996. The molecule has 8 heteroatoms. The van der Waals surface area contributed by atoms with Crippen LogP contribution in [-0.2, 0) is 0 Å². The molecule has 112 valence electrons. The number of hydrogen-bond donors (Lipinski definition) is 3. The minimum Gasteiger partial charge on any atom is -0.382 e. The molecule has 5 nitrogen and oxygen atoms in total. The lowest BCUT2D eigenvalue weighted by atomic mass is 10.3. The second kappa shape index (κ2) is 6.73. The Hall–Kier alpha value is -1.86. The number of nitrogens with two attached hydrogens (primary N) is 1. The summed E-state index contributed by atoms with van der Waals surface area (Å²) in [5, 5.41) is 6.33. The minimum absolute atomic E-state index is 0.0419. The van der Waals surface area contributed by atoms with Crippen LogP contribution in [-0.4, -0.2) is 17.4 Å². The summed E-state index contributed by atoms with van der Waals surface area (Å²) in [6.45, 7) is 2.75. The molecule has 0 saturated carbocycles. The Labute approximate surface area is 130 Å². The molecule has 0 aliphatic carbocycles. The van der Waals surface area contributed by atoms with Gasteiger partial charge >= 0.3 is 0 Å². The van der Waals surface area contributed by atoms with E-state index in [0.717, 1.165) is 30.4 Å². The van der Waals surface area contributed by atoms with Crippen LogP contribution in [0.25, 0.3) is 0 Å². The number of hydrogen-bond acceptors (Lipinski definition) is 5. The fourth-order valence-corrected chi connectivity index (χ4v) is 2.54. The van der Waals surface area contributed by atoms with Gasteiger partial charge in [0.1, 0.15) is 16.5 Å². The van der Waals surface area contributed by atoms with Crippen LogP contribution in [0.2, 0.25) is 5.02 Å². The first kappa shape index (κ1) is 15.5. The summed E-state index contributed by atoms with van der Waals surface area (Å²) in [6.07, 6.45) is 0.928. The average molecular weight is 329 g/mol. The SMILES string of the molecule is CCCNc1nc(N)c(C(=O)Nc2ccc(Cl)cc2F)s1. The number of carbonyl (C=O) groups excluding carboxylic acids is 1. The standard InChI is InChI=1S/C13H14ClFN4OS/c1-2-5-17-13-19-11(16)10(21-13)12(20)18-9-4-3-7(14)6-8(9)15/h3-4,6H,2,5,16H2,1H3,(H,17,19)(H,18,20). The van der Waals surface area contributed by atoms with Gasteiger partial charge < -0.3 is 16.4 Å². The second-order valence-electron chi connectivity index (χ2n) is 4.24. The molecular weight excluding hydrogens is 315 g/mol. The fourth-order valence-electron chi connectivity index (χ4n) is 1.57. The molecular formula is C13H14ClFN4OS. The van der Waals surface area contributed by atoms with E-state index in [1.165, 1.54) is 12.1 Å². The summed E-state index contributed by atoms with van der Waals surface area (Å²) in [5.41, 5.74) is 5.76. The fraction of sp³-hybridized carbons (Fsp3) is 0.231. The molecule has 1 aromatic carbocycles. The van der Waals surface area contributed by atoms with Crippen LogP contribution in [0.1, 0.15) is 23.0 Å². The zero-order valence-corrected chi connectivity index (χ0v) is 12.8. The van der Waals surface area contributed by atoms with Crippen LogP contribution in [0.5, 0.6) is 0 Å². The van der Waals surface area contributed by atoms with E-state index in [0.29, 0.717) is 5.13 Å². The van der Waals surface area contributed by atoms with E-state index in [1.807, 2.05) is 6.92 Å². The van der Waals surface area contributed by atoms with Crippen LogP contribution in [0.4, 0.5) is 21.0 Å². The van der Waals surface area contributed by atoms with Crippen molar-refractivity contribution in [2.75, 3.05) is 22.9 Å². The normalized spacial score (nSPS) is 10.4. The molecule has 0 aliphatic heterocycles. The Kier molecular flexibility index (Phi) is 4.98. The van der Waals surface area contributed by atoms with Gasteiger partial charge in [-0.25, -0.2) is 9.37 Å². The number of nitrogens with zero attached hydrogens (tertiary/aromatic N) is 1. The van der Waals surface area contributed by atoms with Gasteiger partial charge in [0, 0.05) is 11.6 Å². The topological polar surface area (TPSA) is 80.0 Å². The van der Waals surface area contributed by atoms with Gasteiger partial charge in [0.2, 0.25) is 0 Å². The zero-order chi connectivity index (χ0) is 15.4. The predicted molar refractivity (Wildman–Crippen MR) is 84.7 cm³/mol. The van der Waals surface area contributed by atoms with E-state index in [4.69, 9.17) is 17.3 Å². The third kappa shape index (κ3) is 3.83. The number of halogens is 2. The third-order valence-electron chi connectivity index (χ3n) is 2.57. The number of nitrogen functional groups attached to an aromatic ring is 1. The Bertz CT molecular complexity index is 662. The lowest BCUT2D eigenvalue weighted by molar-refractivity contribution is 0.103. The first-order valence-electron chi connectivity index (χ1n) is 6.27. The second-order valence-corrected chi connectivity index (χ2v) is 5.67. The van der Waals surface area contributed by atoms with Gasteiger partial charge in [0.25, 0.3) is 5.91 Å². The van der Waals surface area contributed by atoms with Crippen molar-refractivity contribution in [3.8, 4) is 0 Å². The Morgan fingerprint density at radius 1 is 1.52 bits per heavy atom. The van der Waals surface area contributed by atoms with Gasteiger partial charge in [-0.05, 0) is 24.6 Å². The molecule has 21 heavy (non-hydrogen) atoms. The zero-order valence-electron chi connectivity index (χ0n) is 11.2. The Balaban J connectivity index is 2.14. The van der Waals surface area contributed by atoms with Crippen LogP contribution in [0, 0.1) is 5.82 Å². The van der Waals surface area contributed by atoms with Crippen molar-refractivity contribution >= 4 is 45.5 Å². The molecule has 0 atom stereocenters. The van der Waals surface area contributed by atoms with Gasteiger partial charge in [0.05, 0.1) is 5.69 Å². The number of anilines is 3. The minimum atomic E-state index is -0.608. The summed E-state index contributed by atoms with van der Waals surface area (Å²) >= 11 is 6.79. The van der Waals surface area contributed by atoms with Crippen molar-refractivity contribution in [3.05, 3.63) is 33.9 Å². The molecule has 0 bridgehead atoms. The molecule has 2 rings (SSSR count). The molecule has 0 aliphatic rings. The number of rotatable bonds is 5. The Morgan fingerprint density at radius 2 is 2.29 bits per heavy atom. The highest BCUT2D eigenvalue weighted by Gasteiger charge is 2.17. The van der Waals surface area contributed by atoms with Gasteiger partial charge in [0.15, 0.2) is 5.13 Å². The van der Waals surface area contributed by atoms with Crippen molar-refractivity contribution in [2.45, 2.75) is 13.3 Å². The van der Waals surface area contributed by atoms with Gasteiger partial charge in [-0.1, -0.05) is 29.9 Å². The van der Waals surface area contributed by atoms with Crippen LogP contribution < -0.4 is 16.4 Å². The lowest BCUT2D eigenvalue weighted by Crippen LogP contribution is -2.13. The third-order valence-corrected chi connectivity index (χ3v) is 3.83. The van der Waals surface area contributed by atoms with Gasteiger partial charge in [-0.15, -0.1) is 0 Å². The van der Waals surface area contributed by atoms with Crippen LogP contribution in [0.3, 0.4) is 0 Å². The quantitative estimate of drug-likeness (QED) is 0.783. The van der Waals surface area contributed by atoms with E-state index in [2.05, 4.69) is 15.6 Å². The molecule has 2 aromatic rings. The van der Waals surface area contributed by atoms with Crippen molar-refractivity contribution < 1.29 is 9.18 Å². The predicted octanol–water partition coefficient (Wildman–Crippen LogP) is 3.59. The molecule has 0 radical (unpaired) electrons. The van der Waals surface area contributed by atoms with Crippen molar-refractivity contribution in [1.82, 2.24) is 4.98 Å². The summed E-state index contributed by atoms with van der Waals surface area (Å²) < 4.78 is 13.6. The highest BCUT2D eigenvalue weighted by Crippen LogP contribution is 2.27. The van der Waals surface area contributed by atoms with Crippen molar-refractivity contribution in [1.29, 1.82) is 0 Å². The smallest absolute Gasteiger partial charge is 0.269 e. The van der Waals surface area contributed by atoms with Gasteiger partial charge in [-0.3, -0.25) is 4.79 Å².